The average molecular weight is 1930 g/mol. The summed E-state index contributed by atoms with van der Waals surface area (Å²) < 4.78 is 0. The average Bonchev–Trinajstić information content (AvgIpc) is 1.76. The third-order valence-electron chi connectivity index (χ3n) is 26.3. The fourth-order valence-corrected chi connectivity index (χ4v) is 21.9. The van der Waals surface area contributed by atoms with Crippen LogP contribution in [0.3, 0.4) is 0 Å². The summed E-state index contributed by atoms with van der Waals surface area (Å²) in [5.41, 5.74) is 26.7. The van der Waals surface area contributed by atoms with Gasteiger partial charge >= 0.3 is 0 Å². The van der Waals surface area contributed by atoms with E-state index in [1.165, 1.54) is 32.1 Å². The maximum atomic E-state index is 14.7. The number of amides is 6. The van der Waals surface area contributed by atoms with Gasteiger partial charge < -0.3 is 49.0 Å². The first-order valence-electron chi connectivity index (χ1n) is 48.3. The highest BCUT2D eigenvalue weighted by molar-refractivity contribution is 7.17. The van der Waals surface area contributed by atoms with Crippen molar-refractivity contribution in [3.05, 3.63) is 465 Å². The number of benzene rings is 10. The van der Waals surface area contributed by atoms with Gasteiger partial charge in [-0.2, -0.15) is 0 Å². The Morgan fingerprint density at radius 1 is 0.229 bits per heavy atom. The van der Waals surface area contributed by atoms with Gasteiger partial charge in [-0.15, -0.1) is 22.7 Å². The number of aryl methyl sites for hydroxylation is 4. The van der Waals surface area contributed by atoms with Crippen molar-refractivity contribution in [3.8, 4) is 20.9 Å². The van der Waals surface area contributed by atoms with Gasteiger partial charge in [0.25, 0.3) is 35.4 Å². The molecule has 6 aliphatic heterocycles. The molecule has 0 saturated carbocycles. The topological polar surface area (TPSA) is 186 Å². The van der Waals surface area contributed by atoms with E-state index < -0.39 is 0 Å². The number of likely N-dealkylation sites (N-methyl/N-ethyl adjacent to an activating group) is 4. The first kappa shape index (κ1) is 94.3. The van der Waals surface area contributed by atoms with Crippen LogP contribution in [0, 0.1) is 27.7 Å². The van der Waals surface area contributed by atoms with E-state index in [1.807, 2.05) is 267 Å². The third-order valence-corrected chi connectivity index (χ3v) is 28.6. The molecule has 6 aromatic heterocycles. The number of carbonyl (C=O) groups is 6. The molecule has 0 aliphatic carbocycles. The summed E-state index contributed by atoms with van der Waals surface area (Å²) in [6.07, 6.45) is 10.6. The monoisotopic (exact) mass is 1920 g/mol. The van der Waals surface area contributed by atoms with Gasteiger partial charge in [-0.1, -0.05) is 231 Å². The lowest BCUT2D eigenvalue weighted by Crippen LogP contribution is -2.31. The lowest BCUT2D eigenvalue weighted by molar-refractivity contribution is -0.124. The quantitative estimate of drug-likeness (QED) is 0.0498. The Morgan fingerprint density at radius 2 is 0.438 bits per heavy atom. The molecular weight excluding hydrogens is 1820 g/mol. The summed E-state index contributed by atoms with van der Waals surface area (Å²) >= 11 is 3.23. The molecule has 6 aliphatic rings. The Balaban J connectivity index is 0.000000134. The number of carbonyl (C=O) groups excluding carboxylic acids is 6. The van der Waals surface area contributed by atoms with Crippen molar-refractivity contribution in [1.82, 2.24) is 49.3 Å². The Hall–Kier alpha value is -17.3. The number of anilines is 12. The number of rotatable bonds is 26. The third kappa shape index (κ3) is 18.1. The summed E-state index contributed by atoms with van der Waals surface area (Å²) in [6.45, 7) is 13.6. The molecule has 6 amide bonds. The van der Waals surface area contributed by atoms with Crippen molar-refractivity contribution in [2.24, 2.45) is 0 Å². The van der Waals surface area contributed by atoms with E-state index in [1.54, 1.807) is 82.9 Å². The van der Waals surface area contributed by atoms with Crippen LogP contribution in [-0.4, -0.2) is 126 Å². The maximum Gasteiger partial charge on any atom is 0.261 e. The van der Waals surface area contributed by atoms with Crippen LogP contribution in [0.2, 0.25) is 0 Å². The van der Waals surface area contributed by atoms with Gasteiger partial charge in [-0.05, 0) is 222 Å². The van der Waals surface area contributed by atoms with E-state index in [-0.39, 0.29) is 35.4 Å². The number of thiophene rings is 2. The molecule has 144 heavy (non-hydrogen) atoms. The molecule has 0 N–H and O–H groups in total. The minimum absolute atomic E-state index is 0.134. The van der Waals surface area contributed by atoms with Crippen molar-refractivity contribution in [2.75, 3.05) is 60.9 Å². The number of pyridine rings is 4. The van der Waals surface area contributed by atoms with Crippen molar-refractivity contribution < 1.29 is 28.8 Å². The van der Waals surface area contributed by atoms with Gasteiger partial charge in [0.05, 0.1) is 148 Å². The molecule has 710 valence electrons. The van der Waals surface area contributed by atoms with E-state index >= 15 is 0 Å². The molecule has 22 heteroatoms. The molecule has 20 nitrogen and oxygen atoms in total. The molecule has 0 spiro atoms. The first-order chi connectivity index (χ1) is 70.2. The van der Waals surface area contributed by atoms with Crippen LogP contribution in [0.15, 0.2) is 410 Å². The summed E-state index contributed by atoms with van der Waals surface area (Å²) in [5, 5.41) is 0. The molecule has 0 saturated heterocycles. The highest BCUT2D eigenvalue weighted by atomic mass is 32.1. The summed E-state index contributed by atoms with van der Waals surface area (Å²) in [7, 11) is 6.91. The number of fused-ring (bicyclic) bond motifs is 3. The van der Waals surface area contributed by atoms with Crippen LogP contribution in [0.5, 0.6) is 0 Å². The minimum Gasteiger partial charge on any atom is -0.309 e. The molecule has 0 radical (unpaired) electrons. The number of para-hydroxylation sites is 8. The zero-order valence-corrected chi connectivity index (χ0v) is 83.2. The number of hydrogen-bond acceptors (Lipinski definition) is 16. The van der Waals surface area contributed by atoms with Gasteiger partial charge in [0, 0.05) is 96.5 Å². The highest BCUT2D eigenvalue weighted by Gasteiger charge is 2.52. The van der Waals surface area contributed by atoms with Crippen LogP contribution >= 0.6 is 22.7 Å². The Morgan fingerprint density at radius 3 is 0.660 bits per heavy atom. The van der Waals surface area contributed by atoms with E-state index in [0.717, 1.165) is 125 Å². The molecule has 0 unspecified atom stereocenters. The van der Waals surface area contributed by atoms with Crippen LogP contribution in [0.25, 0.3) is 55.1 Å². The summed E-state index contributed by atoms with van der Waals surface area (Å²) in [5.74, 6) is -1.19. The van der Waals surface area contributed by atoms with Gasteiger partial charge in [-0.25, -0.2) is 0 Å². The lowest BCUT2D eigenvalue weighted by Gasteiger charge is -2.27. The molecular formula is C122H104N14O6S2. The van der Waals surface area contributed by atoms with Crippen molar-refractivity contribution in [3.63, 3.8) is 0 Å². The predicted octanol–water partition coefficient (Wildman–Crippen LogP) is 26.7. The lowest BCUT2D eigenvalue weighted by atomic mass is 10.1. The fraction of sp³-hybridized carbons (Fsp3) is 0.131. The zero-order valence-electron chi connectivity index (χ0n) is 81.6. The second-order valence-electron chi connectivity index (χ2n) is 36.1. The van der Waals surface area contributed by atoms with Gasteiger partial charge in [0.2, 0.25) is 0 Å². The fourth-order valence-electron chi connectivity index (χ4n) is 19.7. The summed E-state index contributed by atoms with van der Waals surface area (Å²) in [4.78, 5) is 127. The Kier molecular flexibility index (Phi) is 26.7. The zero-order chi connectivity index (χ0) is 99.5. The molecule has 10 aromatic carbocycles. The van der Waals surface area contributed by atoms with Crippen LogP contribution in [0.4, 0.5) is 68.2 Å². The summed E-state index contributed by atoms with van der Waals surface area (Å²) in [6, 6.07) is 118. The van der Waals surface area contributed by atoms with Crippen LogP contribution in [0.1, 0.15) is 94.3 Å². The molecule has 16 aromatic rings. The second-order valence-corrected chi connectivity index (χ2v) is 38.3. The number of unbranched alkanes of at least 4 members (excludes halogenated alkanes) is 2. The van der Waals surface area contributed by atoms with E-state index in [0.29, 0.717) is 103 Å². The highest BCUT2D eigenvalue weighted by Crippen LogP contribution is 2.53. The second kappa shape index (κ2) is 40.8. The molecule has 0 fully saturated rings. The van der Waals surface area contributed by atoms with Crippen molar-refractivity contribution in [2.45, 2.75) is 67.2 Å². The van der Waals surface area contributed by atoms with Crippen molar-refractivity contribution >= 4 is 161 Å². The Bertz CT molecular complexity index is 7150. The number of aromatic nitrogens is 4. The van der Waals surface area contributed by atoms with Crippen molar-refractivity contribution in [1.29, 1.82) is 0 Å². The van der Waals surface area contributed by atoms with Gasteiger partial charge in [0.15, 0.2) is 0 Å². The van der Waals surface area contributed by atoms with Crippen LogP contribution < -0.4 is 19.6 Å². The first-order valence-corrected chi connectivity index (χ1v) is 49.9. The molecule has 0 bridgehead atoms. The van der Waals surface area contributed by atoms with Gasteiger partial charge in [0.1, 0.15) is 0 Å². The smallest absolute Gasteiger partial charge is 0.261 e. The largest absolute Gasteiger partial charge is 0.309 e. The SMILES string of the molecule is CCCCN1C(=O)C2=C(c3ccc(N(c4ccccc4)c4ccccc4)cn3)N(CCCC)C(=O)C2=C1c1ccc(N(c2ccccc2)c2ccccc2)cn1.CN1C(=O)C2=C(c3ccc(N(c4ccccc4)c4ccccc4)cn3)N(C)C(=O)C2=C1c1ccc(N(c2ccccc2)c2ccccc2)cn1.Cc1cc(C)cc(-c2ccc(C3=C4C(=O)N(C)C(c5ccc(-c6cc(C)cc(C)c6)s5)=C4C(=O)N3C)s2)c1. The maximum absolute atomic E-state index is 14.7. The van der Waals surface area contributed by atoms with E-state index in [4.69, 9.17) is 19.9 Å². The van der Waals surface area contributed by atoms with E-state index in [2.05, 4.69) is 158 Å². The Labute approximate surface area is 846 Å². The van der Waals surface area contributed by atoms with Gasteiger partial charge in [-0.3, -0.25) is 48.7 Å². The molecule has 12 heterocycles. The molecule has 0 atom stereocenters. The number of nitrogens with zero attached hydrogens (tertiary/aromatic N) is 14. The predicted molar refractivity (Wildman–Crippen MR) is 580 cm³/mol. The number of hydrogen-bond donors (Lipinski definition) is 0. The normalized spacial score (nSPS) is 14.3. The molecule has 22 rings (SSSR count). The minimum atomic E-state index is -0.273. The van der Waals surface area contributed by atoms with E-state index in [9.17, 15) is 28.8 Å². The van der Waals surface area contributed by atoms with Crippen LogP contribution in [-0.2, 0) is 28.8 Å². The standard InChI is InChI=1S/C48H44N6O2.C42H32N6O2.C32H28N2O2S2/c1-3-5-31-51-45(41-29-27-39(33-49-41)53(35-19-11-7-12-20-35)36-21-13-8-14-22-36)43-44(47(51)55)46(52(48(43)56)32-6-4-2)42-30-28-40(34-50-42)54(37-23-15-9-16-24-37)38-25-17-10-18-26-38;1-45-39(35-25-23-33(27-43-35)47(29-15-7-3-8-16-29)30-17-9-4-10-18-30)37-38(41(45)49)40(46(2)42(37)50)36-26-24-34(28-44-36)48(31-19-11-5-12-20-31)32-21-13-6-14-22-32;1-17-11-18(2)14-21(13-17)23-7-9-25(37-23)29-27-28(32(36)33(29)5)30(34(6)31(27)35)26-10-8-24(38-26)22-15-19(3)12-20(4)16-22/h7-30,33-34H,3-6,31-32H2,1-2H3;3-28H,1-2H3;7-16H,1-6H3.